The molecule has 0 aliphatic carbocycles. The van der Waals surface area contributed by atoms with Crippen molar-refractivity contribution < 1.29 is 0 Å². The lowest BCUT2D eigenvalue weighted by molar-refractivity contribution is 0.727. The van der Waals surface area contributed by atoms with Crippen LogP contribution in [-0.2, 0) is 18.7 Å². The van der Waals surface area contributed by atoms with E-state index in [2.05, 4.69) is 91.4 Å². The molecule has 0 N–H and O–H groups in total. The molecular weight excluding hydrogens is 456 g/mol. The number of hydrogen-bond acceptors (Lipinski definition) is 4. The van der Waals surface area contributed by atoms with Gasteiger partial charge in [0.25, 0.3) is 0 Å². The number of fused-ring (bicyclic) bond motifs is 3. The van der Waals surface area contributed by atoms with Gasteiger partial charge in [0, 0.05) is 22.2 Å². The van der Waals surface area contributed by atoms with Crippen molar-refractivity contribution in [3.05, 3.63) is 94.5 Å². The van der Waals surface area contributed by atoms with Gasteiger partial charge in [0.2, 0.25) is 5.16 Å². The Labute approximate surface area is 187 Å². The number of benzene rings is 3. The van der Waals surface area contributed by atoms with Gasteiger partial charge in [-0.3, -0.25) is 0 Å². The average molecular weight is 475 g/mol. The molecule has 0 unspecified atom stereocenters. The van der Waals surface area contributed by atoms with E-state index >= 15 is 0 Å². The molecule has 148 valence electrons. The average Bonchev–Trinajstić information content (AvgIpc) is 3.10. The van der Waals surface area contributed by atoms with Crippen molar-refractivity contribution in [3.8, 4) is 0 Å². The van der Waals surface area contributed by atoms with Crippen molar-refractivity contribution in [2.24, 2.45) is 0 Å². The third-order valence-corrected chi connectivity index (χ3v) is 6.48. The topological polar surface area (TPSA) is 43.6 Å². The second-order valence-corrected chi connectivity index (χ2v) is 8.95. The van der Waals surface area contributed by atoms with Crippen LogP contribution in [0.1, 0.15) is 11.1 Å². The molecule has 4 nitrogen and oxygen atoms in total. The highest BCUT2D eigenvalue weighted by atomic mass is 79.9. The van der Waals surface area contributed by atoms with Crippen molar-refractivity contribution in [3.63, 3.8) is 0 Å². The van der Waals surface area contributed by atoms with Gasteiger partial charge in [-0.05, 0) is 35.7 Å². The summed E-state index contributed by atoms with van der Waals surface area (Å²) in [6, 6.07) is 27.2. The zero-order chi connectivity index (χ0) is 20.3. The highest BCUT2D eigenvalue weighted by molar-refractivity contribution is 9.10. The fourth-order valence-electron chi connectivity index (χ4n) is 3.64. The standard InChI is InChI=1S/C24H19BrN4S/c25-19-10-6-9-18(15-19)16-30-24-26-23-22(27-28-24)20-11-4-5-12-21(20)29(23)14-13-17-7-2-1-3-8-17/h1-12,15H,13-14,16H2. The van der Waals surface area contributed by atoms with Crippen LogP contribution < -0.4 is 0 Å². The highest BCUT2D eigenvalue weighted by Crippen LogP contribution is 2.28. The Balaban J connectivity index is 1.49. The van der Waals surface area contributed by atoms with Crippen LogP contribution in [0.2, 0.25) is 0 Å². The van der Waals surface area contributed by atoms with E-state index < -0.39 is 0 Å². The first-order valence-corrected chi connectivity index (χ1v) is 11.6. The molecule has 0 amide bonds. The lowest BCUT2D eigenvalue weighted by atomic mass is 10.1. The third-order valence-electron chi connectivity index (χ3n) is 5.08. The fourth-order valence-corrected chi connectivity index (χ4v) is 4.81. The van der Waals surface area contributed by atoms with E-state index in [1.54, 1.807) is 11.8 Å². The van der Waals surface area contributed by atoms with E-state index in [1.165, 1.54) is 11.1 Å². The monoisotopic (exact) mass is 474 g/mol. The molecule has 0 radical (unpaired) electrons. The largest absolute Gasteiger partial charge is 0.323 e. The zero-order valence-corrected chi connectivity index (χ0v) is 18.6. The number of aryl methyl sites for hydroxylation is 2. The number of nitrogens with zero attached hydrogens (tertiary/aromatic N) is 4. The van der Waals surface area contributed by atoms with Gasteiger partial charge < -0.3 is 4.57 Å². The zero-order valence-electron chi connectivity index (χ0n) is 16.2. The van der Waals surface area contributed by atoms with Crippen LogP contribution in [0.15, 0.2) is 88.5 Å². The van der Waals surface area contributed by atoms with Crippen molar-refractivity contribution in [2.75, 3.05) is 0 Å². The maximum atomic E-state index is 4.90. The maximum absolute atomic E-state index is 4.90. The van der Waals surface area contributed by atoms with E-state index in [9.17, 15) is 0 Å². The smallest absolute Gasteiger partial charge is 0.211 e. The van der Waals surface area contributed by atoms with Crippen LogP contribution >= 0.6 is 27.7 Å². The lowest BCUT2D eigenvalue weighted by Gasteiger charge is -2.07. The SMILES string of the molecule is Brc1cccc(CSc2nnc3c4ccccc4n(CCc4ccccc4)c3n2)c1. The second kappa shape index (κ2) is 8.58. The van der Waals surface area contributed by atoms with Crippen molar-refractivity contribution in [2.45, 2.75) is 23.9 Å². The minimum atomic E-state index is 0.700. The maximum Gasteiger partial charge on any atom is 0.211 e. The minimum absolute atomic E-state index is 0.700. The first-order chi connectivity index (χ1) is 14.8. The summed E-state index contributed by atoms with van der Waals surface area (Å²) in [5, 5.41) is 10.8. The predicted octanol–water partition coefficient (Wildman–Crippen LogP) is 6.28. The number of hydrogen-bond donors (Lipinski definition) is 0. The Hall–Kier alpha value is -2.70. The molecule has 30 heavy (non-hydrogen) atoms. The Bertz CT molecular complexity index is 1320. The van der Waals surface area contributed by atoms with E-state index in [4.69, 9.17) is 4.98 Å². The van der Waals surface area contributed by atoms with Crippen molar-refractivity contribution in [1.82, 2.24) is 19.7 Å². The van der Waals surface area contributed by atoms with Gasteiger partial charge in [-0.25, -0.2) is 4.98 Å². The summed E-state index contributed by atoms with van der Waals surface area (Å²) in [5.41, 5.74) is 5.46. The van der Waals surface area contributed by atoms with Gasteiger partial charge in [-0.15, -0.1) is 10.2 Å². The summed E-state index contributed by atoms with van der Waals surface area (Å²) < 4.78 is 3.35. The summed E-state index contributed by atoms with van der Waals surface area (Å²) in [7, 11) is 0. The Kier molecular flexibility index (Phi) is 5.51. The van der Waals surface area contributed by atoms with Crippen molar-refractivity contribution >= 4 is 49.8 Å². The van der Waals surface area contributed by atoms with E-state index in [1.807, 2.05) is 18.2 Å². The molecule has 0 aliphatic rings. The normalized spacial score (nSPS) is 11.4. The van der Waals surface area contributed by atoms with Crippen molar-refractivity contribution in [1.29, 1.82) is 0 Å². The summed E-state index contributed by atoms with van der Waals surface area (Å²) in [6.45, 7) is 0.850. The summed E-state index contributed by atoms with van der Waals surface area (Å²) in [6.07, 6.45) is 0.944. The third kappa shape index (κ3) is 3.98. The number of thioether (sulfide) groups is 1. The number of para-hydroxylation sites is 1. The highest BCUT2D eigenvalue weighted by Gasteiger charge is 2.15. The second-order valence-electron chi connectivity index (χ2n) is 7.09. The molecule has 6 heteroatoms. The van der Waals surface area contributed by atoms with Crippen LogP contribution in [-0.4, -0.2) is 19.7 Å². The van der Waals surface area contributed by atoms with E-state index in [-0.39, 0.29) is 0 Å². The molecule has 0 spiro atoms. The molecule has 0 fully saturated rings. The molecule has 0 aliphatic heterocycles. The van der Waals surface area contributed by atoms with Gasteiger partial charge in [-0.2, -0.15) is 0 Å². The Morgan fingerprint density at radius 1 is 0.833 bits per heavy atom. The summed E-state index contributed by atoms with van der Waals surface area (Å²) in [4.78, 5) is 4.90. The number of aromatic nitrogens is 4. The van der Waals surface area contributed by atoms with Gasteiger partial charge in [0.1, 0.15) is 5.52 Å². The van der Waals surface area contributed by atoms with Crippen LogP contribution in [0.5, 0.6) is 0 Å². The van der Waals surface area contributed by atoms with Gasteiger partial charge >= 0.3 is 0 Å². The van der Waals surface area contributed by atoms with Crippen LogP contribution in [0.25, 0.3) is 22.1 Å². The molecule has 2 heterocycles. The van der Waals surface area contributed by atoms with Gasteiger partial charge in [0.15, 0.2) is 5.65 Å². The molecule has 5 rings (SSSR count). The fraction of sp³-hybridized carbons (Fsp3) is 0.125. The Morgan fingerprint density at radius 3 is 2.50 bits per heavy atom. The molecular formula is C24H19BrN4S. The van der Waals surface area contributed by atoms with Gasteiger partial charge in [-0.1, -0.05) is 88.4 Å². The summed E-state index contributed by atoms with van der Waals surface area (Å²) in [5.74, 6) is 0.802. The van der Waals surface area contributed by atoms with E-state index in [0.717, 1.165) is 45.3 Å². The van der Waals surface area contributed by atoms with Crippen LogP contribution in [0.3, 0.4) is 0 Å². The molecule has 2 aromatic heterocycles. The molecule has 0 atom stereocenters. The first kappa shape index (κ1) is 19.3. The number of halogens is 1. The minimum Gasteiger partial charge on any atom is -0.323 e. The molecule has 0 saturated carbocycles. The quantitative estimate of drug-likeness (QED) is 0.271. The Morgan fingerprint density at radius 2 is 1.63 bits per heavy atom. The van der Waals surface area contributed by atoms with Gasteiger partial charge in [0.05, 0.1) is 5.52 Å². The molecule has 0 bridgehead atoms. The lowest BCUT2D eigenvalue weighted by Crippen LogP contribution is -2.03. The first-order valence-electron chi connectivity index (χ1n) is 9.81. The predicted molar refractivity (Wildman–Crippen MR) is 127 cm³/mol. The molecule has 5 aromatic rings. The number of rotatable bonds is 6. The molecule has 3 aromatic carbocycles. The van der Waals surface area contributed by atoms with Crippen LogP contribution in [0, 0.1) is 0 Å². The summed E-state index contributed by atoms with van der Waals surface area (Å²) >= 11 is 5.14. The van der Waals surface area contributed by atoms with E-state index in [0.29, 0.717) is 5.16 Å². The molecule has 0 saturated heterocycles. The van der Waals surface area contributed by atoms with Crippen LogP contribution in [0.4, 0.5) is 0 Å².